The zero-order valence-corrected chi connectivity index (χ0v) is 16.5. The van der Waals surface area contributed by atoms with Crippen LogP contribution in [0.25, 0.3) is 0 Å². The predicted octanol–water partition coefficient (Wildman–Crippen LogP) is 4.53. The van der Waals surface area contributed by atoms with E-state index in [4.69, 9.17) is 16.3 Å². The van der Waals surface area contributed by atoms with Gasteiger partial charge in [0.2, 0.25) is 0 Å². The topological polar surface area (TPSA) is 77.2 Å². The van der Waals surface area contributed by atoms with Crippen LogP contribution in [0.5, 0.6) is 11.5 Å². The summed E-state index contributed by atoms with van der Waals surface area (Å²) in [4.78, 5) is 12.4. The summed E-state index contributed by atoms with van der Waals surface area (Å²) >= 11 is 7.50. The third-order valence-electron chi connectivity index (χ3n) is 4.36. The number of phenols is 1. The Morgan fingerprint density at radius 1 is 1.18 bits per heavy atom. The number of benzene rings is 2. The van der Waals surface area contributed by atoms with E-state index >= 15 is 0 Å². The fourth-order valence-electron chi connectivity index (χ4n) is 2.77. The summed E-state index contributed by atoms with van der Waals surface area (Å²) in [7, 11) is 0. The van der Waals surface area contributed by atoms with Crippen LogP contribution in [0.15, 0.2) is 53.7 Å². The van der Waals surface area contributed by atoms with Crippen molar-refractivity contribution >= 4 is 29.1 Å². The Labute approximate surface area is 171 Å². The van der Waals surface area contributed by atoms with E-state index in [0.29, 0.717) is 27.5 Å². The van der Waals surface area contributed by atoms with Crippen LogP contribution in [0.3, 0.4) is 0 Å². The Morgan fingerprint density at radius 2 is 1.93 bits per heavy atom. The van der Waals surface area contributed by atoms with E-state index in [2.05, 4.69) is 14.8 Å². The van der Waals surface area contributed by atoms with Crippen molar-refractivity contribution in [3.05, 3.63) is 64.9 Å². The second kappa shape index (κ2) is 8.24. The molecule has 0 saturated heterocycles. The van der Waals surface area contributed by atoms with Crippen molar-refractivity contribution < 1.29 is 14.6 Å². The van der Waals surface area contributed by atoms with Gasteiger partial charge in [-0.3, -0.25) is 9.36 Å². The molecule has 0 bridgehead atoms. The van der Waals surface area contributed by atoms with Gasteiger partial charge in [-0.15, -0.1) is 10.2 Å². The molecule has 144 valence electrons. The molecule has 4 rings (SSSR count). The Kier molecular flexibility index (Phi) is 5.54. The Morgan fingerprint density at radius 3 is 2.64 bits per heavy atom. The molecule has 1 aliphatic carbocycles. The lowest BCUT2D eigenvalue weighted by atomic mass is 10.1. The number of ether oxygens (including phenoxy) is 1. The molecule has 1 N–H and O–H groups in total. The minimum Gasteiger partial charge on any atom is -0.508 e. The number of aromatic nitrogens is 3. The van der Waals surface area contributed by atoms with Gasteiger partial charge >= 0.3 is 0 Å². The molecule has 1 fully saturated rings. The minimum absolute atomic E-state index is 0.0239. The number of rotatable bonds is 8. The summed E-state index contributed by atoms with van der Waals surface area (Å²) < 4.78 is 7.87. The number of aromatic hydroxyl groups is 1. The summed E-state index contributed by atoms with van der Waals surface area (Å²) in [5, 5.41) is 19.1. The van der Waals surface area contributed by atoms with Gasteiger partial charge in [0.05, 0.1) is 10.8 Å². The minimum atomic E-state index is -0.0239. The van der Waals surface area contributed by atoms with Gasteiger partial charge in [0.25, 0.3) is 0 Å². The zero-order chi connectivity index (χ0) is 19.5. The van der Waals surface area contributed by atoms with Gasteiger partial charge in [-0.2, -0.15) is 0 Å². The van der Waals surface area contributed by atoms with Gasteiger partial charge in [-0.25, -0.2) is 0 Å². The lowest BCUT2D eigenvalue weighted by Crippen LogP contribution is -2.08. The summed E-state index contributed by atoms with van der Waals surface area (Å²) in [5.41, 5.74) is 0.560. The molecule has 0 radical (unpaired) electrons. The van der Waals surface area contributed by atoms with Crippen LogP contribution in [-0.4, -0.2) is 31.4 Å². The number of hydrogen-bond acceptors (Lipinski definition) is 6. The highest BCUT2D eigenvalue weighted by atomic mass is 35.5. The highest BCUT2D eigenvalue weighted by Crippen LogP contribution is 2.39. The highest BCUT2D eigenvalue weighted by molar-refractivity contribution is 7.99. The molecule has 1 aromatic heterocycles. The van der Waals surface area contributed by atoms with Gasteiger partial charge in [-0.05, 0) is 49.2 Å². The van der Waals surface area contributed by atoms with Crippen molar-refractivity contribution in [2.24, 2.45) is 0 Å². The number of carbonyl (C=O) groups is 1. The summed E-state index contributed by atoms with van der Waals surface area (Å²) in [5.74, 6) is 1.69. The maximum atomic E-state index is 12.4. The largest absolute Gasteiger partial charge is 0.508 e. The molecule has 1 heterocycles. The standard InChI is InChI=1S/C20H18ClN3O3S/c21-16-3-1-2-4-18(16)27-11-19-22-23-20(24(19)14-7-8-14)28-12-17(26)13-5-9-15(25)10-6-13/h1-6,9-10,14,25H,7-8,11-12H2. The number of nitrogens with zero attached hydrogens (tertiary/aromatic N) is 3. The van der Waals surface area contributed by atoms with Gasteiger partial charge < -0.3 is 9.84 Å². The van der Waals surface area contributed by atoms with Crippen molar-refractivity contribution in [2.75, 3.05) is 5.75 Å². The van der Waals surface area contributed by atoms with Gasteiger partial charge in [0.15, 0.2) is 16.8 Å². The Balaban J connectivity index is 1.44. The number of carbonyl (C=O) groups excluding carboxylic acids is 1. The Bertz CT molecular complexity index is 987. The molecule has 0 atom stereocenters. The first-order valence-electron chi connectivity index (χ1n) is 8.88. The molecule has 2 aromatic carbocycles. The average Bonchev–Trinajstić information content (AvgIpc) is 3.46. The number of thioether (sulfide) groups is 1. The van der Waals surface area contributed by atoms with E-state index in [1.165, 1.54) is 23.9 Å². The first-order valence-corrected chi connectivity index (χ1v) is 10.2. The van der Waals surface area contributed by atoms with E-state index in [0.717, 1.165) is 18.7 Å². The molecular weight excluding hydrogens is 398 g/mol. The molecule has 28 heavy (non-hydrogen) atoms. The second-order valence-electron chi connectivity index (χ2n) is 6.48. The molecule has 0 amide bonds. The zero-order valence-electron chi connectivity index (χ0n) is 14.9. The first-order chi connectivity index (χ1) is 13.6. The smallest absolute Gasteiger partial charge is 0.192 e. The number of halogens is 1. The average molecular weight is 416 g/mol. The van der Waals surface area contributed by atoms with Crippen LogP contribution >= 0.6 is 23.4 Å². The SMILES string of the molecule is O=C(CSc1nnc(COc2ccccc2Cl)n1C1CC1)c1ccc(O)cc1. The van der Waals surface area contributed by atoms with Gasteiger partial charge in [0.1, 0.15) is 18.1 Å². The maximum absolute atomic E-state index is 12.4. The van der Waals surface area contributed by atoms with E-state index in [1.807, 2.05) is 18.2 Å². The van der Waals surface area contributed by atoms with Crippen LogP contribution in [0.4, 0.5) is 0 Å². The molecule has 0 spiro atoms. The molecule has 0 unspecified atom stereocenters. The summed E-state index contributed by atoms with van der Waals surface area (Å²) in [6, 6.07) is 13.9. The molecule has 3 aromatic rings. The molecule has 1 saturated carbocycles. The third kappa shape index (κ3) is 4.31. The van der Waals surface area contributed by atoms with Crippen molar-refractivity contribution in [1.29, 1.82) is 0 Å². The van der Waals surface area contributed by atoms with E-state index < -0.39 is 0 Å². The molecular formula is C20H18ClN3O3S. The number of phenolic OH excluding ortho intramolecular Hbond substituents is 1. The predicted molar refractivity (Wildman–Crippen MR) is 107 cm³/mol. The number of Topliss-reactive ketones (excluding diaryl/α,β-unsaturated/α-hetero) is 1. The Hall–Kier alpha value is -2.51. The normalized spacial score (nSPS) is 13.5. The highest BCUT2D eigenvalue weighted by Gasteiger charge is 2.30. The van der Waals surface area contributed by atoms with Crippen molar-refractivity contribution in [1.82, 2.24) is 14.8 Å². The monoisotopic (exact) mass is 415 g/mol. The van der Waals surface area contributed by atoms with Crippen molar-refractivity contribution in [2.45, 2.75) is 30.6 Å². The fraction of sp³-hybridized carbons (Fsp3) is 0.250. The maximum Gasteiger partial charge on any atom is 0.192 e. The van der Waals surface area contributed by atoms with Crippen LogP contribution in [-0.2, 0) is 6.61 Å². The second-order valence-corrected chi connectivity index (χ2v) is 7.83. The third-order valence-corrected chi connectivity index (χ3v) is 5.62. The van der Waals surface area contributed by atoms with Crippen molar-refractivity contribution in [3.8, 4) is 11.5 Å². The van der Waals surface area contributed by atoms with Gasteiger partial charge in [0, 0.05) is 11.6 Å². The lowest BCUT2D eigenvalue weighted by Gasteiger charge is -2.10. The summed E-state index contributed by atoms with van der Waals surface area (Å²) in [6.45, 7) is 0.264. The van der Waals surface area contributed by atoms with Crippen LogP contribution in [0.2, 0.25) is 5.02 Å². The first kappa shape index (κ1) is 18.8. The fourth-order valence-corrected chi connectivity index (χ4v) is 3.88. The van der Waals surface area contributed by atoms with Gasteiger partial charge in [-0.1, -0.05) is 35.5 Å². The quantitative estimate of drug-likeness (QED) is 0.430. The van der Waals surface area contributed by atoms with Crippen molar-refractivity contribution in [3.63, 3.8) is 0 Å². The summed E-state index contributed by atoms with van der Waals surface area (Å²) in [6.07, 6.45) is 2.13. The number of para-hydroxylation sites is 1. The van der Waals surface area contributed by atoms with Crippen LogP contribution in [0, 0.1) is 0 Å². The van der Waals surface area contributed by atoms with E-state index in [-0.39, 0.29) is 23.9 Å². The molecule has 8 heteroatoms. The molecule has 1 aliphatic rings. The van der Waals surface area contributed by atoms with Crippen LogP contribution < -0.4 is 4.74 Å². The molecule has 6 nitrogen and oxygen atoms in total. The van der Waals surface area contributed by atoms with E-state index in [9.17, 15) is 9.90 Å². The molecule has 0 aliphatic heterocycles. The number of ketones is 1. The number of hydrogen-bond donors (Lipinski definition) is 1. The lowest BCUT2D eigenvalue weighted by molar-refractivity contribution is 0.102. The van der Waals surface area contributed by atoms with E-state index in [1.54, 1.807) is 18.2 Å². The van der Waals surface area contributed by atoms with Crippen LogP contribution in [0.1, 0.15) is 35.1 Å².